The lowest BCUT2D eigenvalue weighted by atomic mass is 9.93. The highest BCUT2D eigenvalue weighted by molar-refractivity contribution is 6.30. The van der Waals surface area contributed by atoms with Crippen LogP contribution >= 0.6 is 11.6 Å². The lowest BCUT2D eigenvalue weighted by molar-refractivity contribution is -0.160. The van der Waals surface area contributed by atoms with Crippen LogP contribution in [0.2, 0.25) is 5.15 Å². The molecule has 1 saturated heterocycles. The summed E-state index contributed by atoms with van der Waals surface area (Å²) in [6.07, 6.45) is -3.53. The topological polar surface area (TPSA) is 71.3 Å². The molecule has 1 atom stereocenters. The molecule has 3 aromatic rings. The number of aromatic nitrogens is 3. The molecule has 37 heavy (non-hydrogen) atoms. The molecular weight excluding hydrogens is 514 g/mol. The molecule has 0 radical (unpaired) electrons. The lowest BCUT2D eigenvalue weighted by Gasteiger charge is -2.40. The maximum Gasteiger partial charge on any atom is 0.398 e. The van der Waals surface area contributed by atoms with Crippen molar-refractivity contribution in [1.82, 2.24) is 19.4 Å². The van der Waals surface area contributed by atoms with Gasteiger partial charge in [0.05, 0.1) is 16.5 Å². The molecule has 0 bridgehead atoms. The summed E-state index contributed by atoms with van der Waals surface area (Å²) in [5.74, 6) is -0.987. The number of fused-ring (bicyclic) bond motifs is 1. The molecule has 1 aliphatic carbocycles. The average Bonchev–Trinajstić information content (AvgIpc) is 3.67. The van der Waals surface area contributed by atoms with E-state index in [2.05, 4.69) is 16.5 Å². The van der Waals surface area contributed by atoms with E-state index in [1.807, 2.05) is 6.92 Å². The first-order chi connectivity index (χ1) is 17.5. The molecule has 2 fully saturated rings. The van der Waals surface area contributed by atoms with E-state index >= 15 is 0 Å². The average molecular weight is 536 g/mol. The highest BCUT2D eigenvalue weighted by atomic mass is 35.5. The fourth-order valence-corrected chi connectivity index (χ4v) is 5.16. The Morgan fingerprint density at radius 2 is 1.92 bits per heavy atom. The van der Waals surface area contributed by atoms with Gasteiger partial charge in [0.15, 0.2) is 16.6 Å². The Bertz CT molecular complexity index is 1480. The van der Waals surface area contributed by atoms with Crippen molar-refractivity contribution in [3.05, 3.63) is 70.0 Å². The SMILES string of the molecule is C=CC(=O)N1CCN(c2nc(=O)n(-c3ccccc3C3(C(F)(F)F)CC3)c3nc(Cl)c(F)cc23)[C@@H](C)C1. The van der Waals surface area contributed by atoms with Gasteiger partial charge in [-0.1, -0.05) is 36.4 Å². The van der Waals surface area contributed by atoms with E-state index in [1.54, 1.807) is 9.80 Å². The molecule has 2 aliphatic rings. The van der Waals surface area contributed by atoms with Crippen molar-refractivity contribution in [3.63, 3.8) is 0 Å². The number of alkyl halides is 3. The number of nitrogens with zero attached hydrogens (tertiary/aromatic N) is 5. The van der Waals surface area contributed by atoms with E-state index in [-0.39, 0.29) is 59.4 Å². The minimum Gasteiger partial charge on any atom is -0.350 e. The number of pyridine rings is 1. The summed E-state index contributed by atoms with van der Waals surface area (Å²) in [6.45, 7) is 6.21. The predicted octanol–water partition coefficient (Wildman–Crippen LogP) is 4.39. The Balaban J connectivity index is 1.71. The van der Waals surface area contributed by atoms with Gasteiger partial charge in [-0.05, 0) is 43.5 Å². The number of anilines is 1. The van der Waals surface area contributed by atoms with Crippen molar-refractivity contribution in [2.45, 2.75) is 37.4 Å². The minimum absolute atomic E-state index is 0.0315. The number of rotatable bonds is 4. The summed E-state index contributed by atoms with van der Waals surface area (Å²) in [4.78, 5) is 37.1. The van der Waals surface area contributed by atoms with Gasteiger partial charge in [0, 0.05) is 25.7 Å². The number of halogens is 5. The summed E-state index contributed by atoms with van der Waals surface area (Å²) >= 11 is 5.98. The number of benzene rings is 1. The zero-order valence-corrected chi connectivity index (χ0v) is 20.5. The largest absolute Gasteiger partial charge is 0.398 e. The van der Waals surface area contributed by atoms with Crippen molar-refractivity contribution < 1.29 is 22.4 Å². The molecule has 3 heterocycles. The van der Waals surface area contributed by atoms with Crippen LogP contribution < -0.4 is 10.6 Å². The molecular formula is C25H22ClF4N5O2. The molecule has 5 rings (SSSR count). The van der Waals surface area contributed by atoms with Gasteiger partial charge in [0.2, 0.25) is 5.91 Å². The number of carbonyl (C=O) groups is 1. The monoisotopic (exact) mass is 535 g/mol. The molecule has 2 aromatic heterocycles. The second kappa shape index (κ2) is 8.83. The smallest absolute Gasteiger partial charge is 0.350 e. The Morgan fingerprint density at radius 1 is 1.22 bits per heavy atom. The van der Waals surface area contributed by atoms with Crippen LogP contribution in [0.25, 0.3) is 16.7 Å². The fourth-order valence-electron chi connectivity index (χ4n) is 5.03. The van der Waals surface area contributed by atoms with Gasteiger partial charge in [0.25, 0.3) is 0 Å². The Kier molecular flexibility index (Phi) is 6.01. The normalized spacial score (nSPS) is 19.2. The molecule has 1 amide bonds. The second-order valence-corrected chi connectivity index (χ2v) is 9.67. The fraction of sp³-hybridized carbons (Fsp3) is 0.360. The van der Waals surface area contributed by atoms with Crippen LogP contribution in [0, 0.1) is 5.82 Å². The van der Waals surface area contributed by atoms with Crippen molar-refractivity contribution >= 4 is 34.4 Å². The molecule has 1 saturated carbocycles. The molecule has 0 unspecified atom stereocenters. The summed E-state index contributed by atoms with van der Waals surface area (Å²) in [7, 11) is 0. The van der Waals surface area contributed by atoms with Crippen LogP contribution in [0.5, 0.6) is 0 Å². The molecule has 0 spiro atoms. The van der Waals surface area contributed by atoms with Gasteiger partial charge in [-0.3, -0.25) is 4.79 Å². The number of hydrogen-bond acceptors (Lipinski definition) is 5. The number of piperazine rings is 1. The van der Waals surface area contributed by atoms with Gasteiger partial charge in [-0.2, -0.15) is 18.2 Å². The van der Waals surface area contributed by atoms with E-state index in [9.17, 15) is 27.2 Å². The van der Waals surface area contributed by atoms with Gasteiger partial charge in [-0.15, -0.1) is 0 Å². The van der Waals surface area contributed by atoms with Crippen molar-refractivity contribution in [2.24, 2.45) is 0 Å². The number of hydrogen-bond donors (Lipinski definition) is 0. The minimum atomic E-state index is -4.52. The van der Waals surface area contributed by atoms with E-state index in [0.29, 0.717) is 13.1 Å². The molecule has 0 N–H and O–H groups in total. The highest BCUT2D eigenvalue weighted by Crippen LogP contribution is 2.60. The molecule has 1 aliphatic heterocycles. The van der Waals surface area contributed by atoms with Crippen LogP contribution in [0.1, 0.15) is 25.3 Å². The van der Waals surface area contributed by atoms with Gasteiger partial charge >= 0.3 is 11.9 Å². The van der Waals surface area contributed by atoms with E-state index in [1.165, 1.54) is 30.3 Å². The molecule has 12 heteroatoms. The third-order valence-corrected chi connectivity index (χ3v) is 7.36. The van der Waals surface area contributed by atoms with Crippen LogP contribution in [0.3, 0.4) is 0 Å². The Hall–Kier alpha value is -3.47. The first-order valence-corrected chi connectivity index (χ1v) is 12.0. The van der Waals surface area contributed by atoms with Crippen LogP contribution in [0.15, 0.2) is 47.8 Å². The maximum atomic E-state index is 14.6. The quantitative estimate of drug-likeness (QED) is 0.281. The second-order valence-electron chi connectivity index (χ2n) is 9.31. The van der Waals surface area contributed by atoms with E-state index in [0.717, 1.165) is 10.6 Å². The summed E-state index contributed by atoms with van der Waals surface area (Å²) in [5.41, 5.74) is -3.17. The van der Waals surface area contributed by atoms with Crippen LogP contribution in [-0.4, -0.2) is 57.2 Å². The standard InChI is InChI=1S/C25H22ClF4N5O2/c1-3-19(36)33-10-11-34(14(2)13-33)21-15-12-17(27)20(26)31-22(15)35(23(37)32-21)18-7-5-4-6-16(18)24(8-9-24)25(28,29)30/h3-7,12,14H,1,8-11,13H2,2H3/t14-/m0/s1. The van der Waals surface area contributed by atoms with Crippen LogP contribution in [-0.2, 0) is 10.2 Å². The summed E-state index contributed by atoms with van der Waals surface area (Å²) < 4.78 is 57.7. The first-order valence-electron chi connectivity index (χ1n) is 11.6. The van der Waals surface area contributed by atoms with Gasteiger partial charge < -0.3 is 9.80 Å². The third kappa shape index (κ3) is 4.05. The van der Waals surface area contributed by atoms with Crippen molar-refractivity contribution in [1.29, 1.82) is 0 Å². The zero-order chi connectivity index (χ0) is 26.7. The van der Waals surface area contributed by atoms with E-state index in [4.69, 9.17) is 11.6 Å². The highest BCUT2D eigenvalue weighted by Gasteiger charge is 2.65. The zero-order valence-electron chi connectivity index (χ0n) is 19.7. The van der Waals surface area contributed by atoms with Crippen molar-refractivity contribution in [3.8, 4) is 5.69 Å². The predicted molar refractivity (Wildman–Crippen MR) is 131 cm³/mol. The first kappa shape index (κ1) is 25.2. The van der Waals surface area contributed by atoms with E-state index < -0.39 is 28.3 Å². The molecule has 1 aromatic carbocycles. The number of carbonyl (C=O) groups excluding carboxylic acids is 1. The lowest BCUT2D eigenvalue weighted by Crippen LogP contribution is -2.54. The van der Waals surface area contributed by atoms with Gasteiger partial charge in [0.1, 0.15) is 5.82 Å². The summed E-state index contributed by atoms with van der Waals surface area (Å²) in [5, 5.41) is -0.412. The van der Waals surface area contributed by atoms with Gasteiger partial charge in [-0.25, -0.2) is 18.7 Å². The third-order valence-electron chi connectivity index (χ3n) is 7.10. The number of amides is 1. The maximum absolute atomic E-state index is 14.6. The molecule has 7 nitrogen and oxygen atoms in total. The van der Waals surface area contributed by atoms with Crippen molar-refractivity contribution in [2.75, 3.05) is 24.5 Å². The summed E-state index contributed by atoms with van der Waals surface area (Å²) in [6, 6.07) is 6.49. The molecule has 194 valence electrons. The number of para-hydroxylation sites is 1. The van der Waals surface area contributed by atoms with Crippen LogP contribution in [0.4, 0.5) is 23.4 Å². The Morgan fingerprint density at radius 3 is 2.54 bits per heavy atom. The Labute approximate surface area is 214 Å².